The summed E-state index contributed by atoms with van der Waals surface area (Å²) in [4.78, 5) is 26.9. The van der Waals surface area contributed by atoms with E-state index in [0.29, 0.717) is 42.9 Å². The molecule has 2 heterocycles. The van der Waals surface area contributed by atoms with Crippen molar-refractivity contribution in [2.75, 3.05) is 23.4 Å². The molecular formula is C21H19F3N2O3. The number of hydrogen-bond donors (Lipinski definition) is 1. The van der Waals surface area contributed by atoms with Crippen LogP contribution in [0.1, 0.15) is 34.3 Å². The van der Waals surface area contributed by atoms with E-state index in [9.17, 15) is 22.8 Å². The molecule has 29 heavy (non-hydrogen) atoms. The zero-order chi connectivity index (χ0) is 20.6. The molecule has 0 radical (unpaired) electrons. The van der Waals surface area contributed by atoms with Crippen molar-refractivity contribution in [2.24, 2.45) is 5.92 Å². The predicted molar refractivity (Wildman–Crippen MR) is 101 cm³/mol. The zero-order valence-corrected chi connectivity index (χ0v) is 15.5. The van der Waals surface area contributed by atoms with Gasteiger partial charge in [0.05, 0.1) is 23.4 Å². The lowest BCUT2D eigenvalue weighted by Gasteiger charge is -2.22. The van der Waals surface area contributed by atoms with Crippen LogP contribution in [-0.2, 0) is 22.3 Å². The van der Waals surface area contributed by atoms with Gasteiger partial charge in [0, 0.05) is 24.8 Å². The number of halogens is 3. The van der Waals surface area contributed by atoms with Gasteiger partial charge < -0.3 is 15.0 Å². The summed E-state index contributed by atoms with van der Waals surface area (Å²) in [5, 5.41) is 2.83. The molecule has 0 spiro atoms. The average Bonchev–Trinajstić information content (AvgIpc) is 3.06. The first-order valence-electron chi connectivity index (χ1n) is 9.34. The van der Waals surface area contributed by atoms with E-state index >= 15 is 0 Å². The van der Waals surface area contributed by atoms with Crippen molar-refractivity contribution in [3.05, 3.63) is 59.2 Å². The number of alkyl halides is 3. The van der Waals surface area contributed by atoms with E-state index in [-0.39, 0.29) is 24.1 Å². The van der Waals surface area contributed by atoms with E-state index in [2.05, 4.69) is 5.32 Å². The summed E-state index contributed by atoms with van der Waals surface area (Å²) < 4.78 is 44.4. The first kappa shape index (κ1) is 19.4. The molecule has 0 unspecified atom stereocenters. The Balaban J connectivity index is 1.59. The van der Waals surface area contributed by atoms with E-state index in [4.69, 9.17) is 4.74 Å². The van der Waals surface area contributed by atoms with Crippen LogP contribution >= 0.6 is 0 Å². The number of rotatable bonds is 3. The molecule has 0 aliphatic carbocycles. The molecule has 0 aromatic heterocycles. The SMILES string of the molecule is O=C(Nc1cccc2c1C(=O)N(c1cccc(C(F)(F)F)c1)C2)C1CCOCC1. The number of nitrogens with zero attached hydrogens (tertiary/aromatic N) is 1. The molecule has 5 nitrogen and oxygen atoms in total. The number of fused-ring (bicyclic) bond motifs is 1. The third-order valence-corrected chi connectivity index (χ3v) is 5.27. The Labute approximate surface area is 165 Å². The van der Waals surface area contributed by atoms with Crippen LogP contribution in [0.3, 0.4) is 0 Å². The van der Waals surface area contributed by atoms with Crippen LogP contribution in [0.2, 0.25) is 0 Å². The molecule has 1 saturated heterocycles. The number of ether oxygens (including phenoxy) is 1. The number of hydrogen-bond acceptors (Lipinski definition) is 3. The van der Waals surface area contributed by atoms with Gasteiger partial charge in [0.25, 0.3) is 5.91 Å². The first-order chi connectivity index (χ1) is 13.8. The normalized spacial score (nSPS) is 17.3. The number of benzene rings is 2. The van der Waals surface area contributed by atoms with Gasteiger partial charge in [-0.3, -0.25) is 9.59 Å². The minimum absolute atomic E-state index is 0.149. The summed E-state index contributed by atoms with van der Waals surface area (Å²) in [6.07, 6.45) is -3.26. The molecule has 152 valence electrons. The maximum atomic E-state index is 13.0. The van der Waals surface area contributed by atoms with Crippen LogP contribution in [0.4, 0.5) is 24.5 Å². The quantitative estimate of drug-likeness (QED) is 0.833. The van der Waals surface area contributed by atoms with Crippen molar-refractivity contribution in [2.45, 2.75) is 25.6 Å². The van der Waals surface area contributed by atoms with Gasteiger partial charge >= 0.3 is 6.18 Å². The van der Waals surface area contributed by atoms with Crippen LogP contribution in [-0.4, -0.2) is 25.0 Å². The molecule has 2 amide bonds. The van der Waals surface area contributed by atoms with E-state index in [1.165, 1.54) is 17.0 Å². The second kappa shape index (κ2) is 7.51. The lowest BCUT2D eigenvalue weighted by molar-refractivity contribution is -0.137. The van der Waals surface area contributed by atoms with Gasteiger partial charge in [-0.2, -0.15) is 13.2 Å². The fourth-order valence-corrected chi connectivity index (χ4v) is 3.72. The molecule has 8 heteroatoms. The van der Waals surface area contributed by atoms with Crippen LogP contribution in [0, 0.1) is 5.92 Å². The van der Waals surface area contributed by atoms with Crippen LogP contribution in [0.5, 0.6) is 0 Å². The maximum Gasteiger partial charge on any atom is 0.416 e. The minimum atomic E-state index is -4.49. The van der Waals surface area contributed by atoms with E-state index < -0.39 is 17.6 Å². The van der Waals surface area contributed by atoms with Crippen LogP contribution in [0.15, 0.2) is 42.5 Å². The highest BCUT2D eigenvalue weighted by molar-refractivity contribution is 6.15. The van der Waals surface area contributed by atoms with Crippen molar-refractivity contribution >= 4 is 23.2 Å². The van der Waals surface area contributed by atoms with Crippen LogP contribution < -0.4 is 10.2 Å². The first-order valence-corrected chi connectivity index (χ1v) is 9.34. The van der Waals surface area contributed by atoms with Gasteiger partial charge in [0.1, 0.15) is 0 Å². The summed E-state index contributed by atoms with van der Waals surface area (Å²) in [5.41, 5.74) is 0.732. The molecular weight excluding hydrogens is 385 g/mol. The topological polar surface area (TPSA) is 58.6 Å². The van der Waals surface area contributed by atoms with E-state index in [1.807, 2.05) is 0 Å². The Morgan fingerprint density at radius 3 is 2.55 bits per heavy atom. The monoisotopic (exact) mass is 404 g/mol. The summed E-state index contributed by atoms with van der Waals surface area (Å²) >= 11 is 0. The summed E-state index contributed by atoms with van der Waals surface area (Å²) in [5.74, 6) is -0.787. The Morgan fingerprint density at radius 2 is 1.83 bits per heavy atom. The Hall–Kier alpha value is -2.87. The molecule has 4 rings (SSSR count). The molecule has 1 fully saturated rings. The van der Waals surface area contributed by atoms with Crippen molar-refractivity contribution in [1.82, 2.24) is 0 Å². The summed E-state index contributed by atoms with van der Waals surface area (Å²) in [6.45, 7) is 1.19. The van der Waals surface area contributed by atoms with Gasteiger partial charge in [-0.15, -0.1) is 0 Å². The Morgan fingerprint density at radius 1 is 1.10 bits per heavy atom. The molecule has 2 aromatic rings. The van der Waals surface area contributed by atoms with Gasteiger partial charge in [0.15, 0.2) is 0 Å². The summed E-state index contributed by atoms with van der Waals surface area (Å²) in [7, 11) is 0. The van der Waals surface area contributed by atoms with Gasteiger partial charge in [-0.25, -0.2) is 0 Å². The molecule has 1 N–H and O–H groups in total. The maximum absolute atomic E-state index is 13.0. The number of amides is 2. The fourth-order valence-electron chi connectivity index (χ4n) is 3.72. The zero-order valence-electron chi connectivity index (χ0n) is 15.5. The average molecular weight is 404 g/mol. The van der Waals surface area contributed by atoms with Gasteiger partial charge in [-0.1, -0.05) is 18.2 Å². The predicted octanol–water partition coefficient (Wildman–Crippen LogP) is 4.23. The van der Waals surface area contributed by atoms with E-state index in [0.717, 1.165) is 12.1 Å². The van der Waals surface area contributed by atoms with Crippen molar-refractivity contribution in [1.29, 1.82) is 0 Å². The largest absolute Gasteiger partial charge is 0.416 e. The number of nitrogens with one attached hydrogen (secondary N) is 1. The molecule has 2 aromatic carbocycles. The minimum Gasteiger partial charge on any atom is -0.381 e. The smallest absolute Gasteiger partial charge is 0.381 e. The van der Waals surface area contributed by atoms with Crippen molar-refractivity contribution in [3.63, 3.8) is 0 Å². The van der Waals surface area contributed by atoms with Crippen molar-refractivity contribution < 1.29 is 27.5 Å². The van der Waals surface area contributed by atoms with Crippen molar-refractivity contribution in [3.8, 4) is 0 Å². The second-order valence-electron chi connectivity index (χ2n) is 7.15. The Kier molecular flexibility index (Phi) is 5.04. The highest BCUT2D eigenvalue weighted by Gasteiger charge is 2.35. The molecule has 0 atom stereocenters. The number of carbonyl (C=O) groups excluding carboxylic acids is 2. The molecule has 2 aliphatic rings. The van der Waals surface area contributed by atoms with Gasteiger partial charge in [-0.05, 0) is 42.7 Å². The summed E-state index contributed by atoms with van der Waals surface area (Å²) in [6, 6.07) is 9.79. The van der Waals surface area contributed by atoms with E-state index in [1.54, 1.807) is 18.2 Å². The third-order valence-electron chi connectivity index (χ3n) is 5.27. The fraction of sp³-hybridized carbons (Fsp3) is 0.333. The van der Waals surface area contributed by atoms with Crippen LogP contribution in [0.25, 0.3) is 0 Å². The third kappa shape index (κ3) is 3.85. The molecule has 0 bridgehead atoms. The highest BCUT2D eigenvalue weighted by atomic mass is 19.4. The highest BCUT2D eigenvalue weighted by Crippen LogP contribution is 2.36. The standard InChI is InChI=1S/C21H19F3N2O3/c22-21(23,24)15-4-2-5-16(11-15)26-12-14-3-1-6-17(18(14)20(26)28)25-19(27)13-7-9-29-10-8-13/h1-6,11,13H,7-10,12H2,(H,25,27). The lowest BCUT2D eigenvalue weighted by Crippen LogP contribution is -2.29. The lowest BCUT2D eigenvalue weighted by atomic mass is 9.99. The number of anilines is 2. The molecule has 0 saturated carbocycles. The number of carbonyl (C=O) groups is 2. The van der Waals surface area contributed by atoms with Gasteiger partial charge in [0.2, 0.25) is 5.91 Å². The Bertz CT molecular complexity index is 952. The molecule has 2 aliphatic heterocycles. The second-order valence-corrected chi connectivity index (χ2v) is 7.15.